The number of ether oxygens (including phenoxy) is 1. The monoisotopic (exact) mass is 542 g/mol. The fraction of sp³-hybridized carbons (Fsp3) is 0.379. The molecule has 2 fully saturated rings. The number of carbonyl (C=O) groups is 1. The van der Waals surface area contributed by atoms with Crippen molar-refractivity contribution >= 4 is 11.7 Å². The molecule has 2 saturated heterocycles. The number of hydrogen-bond acceptors (Lipinski definition) is 5. The van der Waals surface area contributed by atoms with Crippen LogP contribution in [-0.4, -0.2) is 52.9 Å². The van der Waals surface area contributed by atoms with Gasteiger partial charge < -0.3 is 20.3 Å². The van der Waals surface area contributed by atoms with Gasteiger partial charge in [-0.05, 0) is 80.7 Å². The van der Waals surface area contributed by atoms with Crippen molar-refractivity contribution in [3.05, 3.63) is 77.2 Å². The number of alkyl halides is 3. The molecule has 0 saturated carbocycles. The minimum atomic E-state index is -4.65. The van der Waals surface area contributed by atoms with Crippen LogP contribution in [-0.2, 0) is 12.8 Å². The number of rotatable bonds is 7. The number of halogens is 4. The first-order chi connectivity index (χ1) is 18.7. The van der Waals surface area contributed by atoms with Gasteiger partial charge in [0.1, 0.15) is 12.4 Å². The van der Waals surface area contributed by atoms with E-state index in [0.717, 1.165) is 56.7 Å². The smallest absolute Gasteiger partial charge is 0.416 e. The van der Waals surface area contributed by atoms with E-state index >= 15 is 0 Å². The minimum Gasteiger partial charge on any atom is -0.485 e. The maximum Gasteiger partial charge on any atom is 0.416 e. The van der Waals surface area contributed by atoms with Gasteiger partial charge >= 0.3 is 6.18 Å². The van der Waals surface area contributed by atoms with Gasteiger partial charge in [-0.15, -0.1) is 0 Å². The average Bonchev–Trinajstić information content (AvgIpc) is 3.60. The molecule has 6 nitrogen and oxygen atoms in total. The van der Waals surface area contributed by atoms with E-state index < -0.39 is 24.2 Å². The summed E-state index contributed by atoms with van der Waals surface area (Å²) >= 11 is 0. The summed E-state index contributed by atoms with van der Waals surface area (Å²) in [5.74, 6) is -0.717. The molecule has 10 heteroatoms. The molecule has 2 aromatic carbocycles. The summed E-state index contributed by atoms with van der Waals surface area (Å²) < 4.78 is 59.2. The van der Waals surface area contributed by atoms with Gasteiger partial charge in [-0.2, -0.15) is 13.2 Å². The van der Waals surface area contributed by atoms with E-state index in [1.165, 1.54) is 19.0 Å². The Balaban J connectivity index is 1.29. The SMILES string of the molecule is Nc1ncc(-c2ccc(C(=O)N3CCCC3CN3CCCC3)cc2)cc1OCc1cc(F)ccc1C(F)(F)F. The molecule has 0 bridgehead atoms. The Labute approximate surface area is 224 Å². The van der Waals surface area contributed by atoms with Crippen LogP contribution in [0.25, 0.3) is 11.1 Å². The van der Waals surface area contributed by atoms with Crippen molar-refractivity contribution < 1.29 is 27.1 Å². The second-order valence-electron chi connectivity index (χ2n) is 10.1. The molecule has 0 aliphatic carbocycles. The van der Waals surface area contributed by atoms with Gasteiger partial charge in [0.2, 0.25) is 0 Å². The van der Waals surface area contributed by atoms with Crippen LogP contribution in [0, 0.1) is 5.82 Å². The van der Waals surface area contributed by atoms with E-state index in [4.69, 9.17) is 10.5 Å². The summed E-state index contributed by atoms with van der Waals surface area (Å²) in [7, 11) is 0. The summed E-state index contributed by atoms with van der Waals surface area (Å²) in [5.41, 5.74) is 6.52. The maximum absolute atomic E-state index is 13.6. The van der Waals surface area contributed by atoms with Gasteiger partial charge in [0.25, 0.3) is 5.91 Å². The number of nitrogens with zero attached hydrogens (tertiary/aromatic N) is 3. The van der Waals surface area contributed by atoms with Gasteiger partial charge in [0.05, 0.1) is 5.56 Å². The molecule has 2 aliphatic heterocycles. The summed E-state index contributed by atoms with van der Waals surface area (Å²) in [6.07, 6.45) is 1.32. The second kappa shape index (κ2) is 11.2. The number of carbonyl (C=O) groups excluding carboxylic acids is 1. The molecule has 3 heterocycles. The molecule has 2 N–H and O–H groups in total. The lowest BCUT2D eigenvalue weighted by molar-refractivity contribution is -0.138. The highest BCUT2D eigenvalue weighted by Gasteiger charge is 2.34. The van der Waals surface area contributed by atoms with Gasteiger partial charge in [-0.3, -0.25) is 4.79 Å². The fourth-order valence-electron chi connectivity index (χ4n) is 5.37. The van der Waals surface area contributed by atoms with Gasteiger partial charge in [0.15, 0.2) is 11.6 Å². The van der Waals surface area contributed by atoms with E-state index in [-0.39, 0.29) is 29.1 Å². The average molecular weight is 543 g/mol. The molecule has 2 aliphatic rings. The molecule has 0 radical (unpaired) electrons. The normalized spacial score (nSPS) is 18.1. The molecule has 1 aromatic heterocycles. The van der Waals surface area contributed by atoms with E-state index in [9.17, 15) is 22.4 Å². The lowest BCUT2D eigenvalue weighted by Crippen LogP contribution is -2.42. The summed E-state index contributed by atoms with van der Waals surface area (Å²) in [4.78, 5) is 21.8. The number of nitrogen functional groups attached to an aromatic ring is 1. The number of amides is 1. The number of nitrogens with two attached hydrogens (primary N) is 1. The molecule has 39 heavy (non-hydrogen) atoms. The van der Waals surface area contributed by atoms with Crippen LogP contribution < -0.4 is 10.5 Å². The van der Waals surface area contributed by atoms with Gasteiger partial charge in [0, 0.05) is 42.0 Å². The van der Waals surface area contributed by atoms with Crippen molar-refractivity contribution in [2.45, 2.75) is 44.5 Å². The van der Waals surface area contributed by atoms with Crippen LogP contribution in [0.15, 0.2) is 54.7 Å². The Morgan fingerprint density at radius 2 is 1.74 bits per heavy atom. The lowest BCUT2D eigenvalue weighted by atomic mass is 10.0. The van der Waals surface area contributed by atoms with Crippen molar-refractivity contribution in [1.29, 1.82) is 0 Å². The predicted molar refractivity (Wildman–Crippen MR) is 140 cm³/mol. The molecular formula is C29H30F4N4O2. The Morgan fingerprint density at radius 3 is 2.46 bits per heavy atom. The first kappa shape index (κ1) is 26.9. The summed E-state index contributed by atoms with van der Waals surface area (Å²) in [5, 5.41) is 0. The van der Waals surface area contributed by atoms with Crippen molar-refractivity contribution in [2.75, 3.05) is 31.9 Å². The lowest BCUT2D eigenvalue weighted by Gasteiger charge is -2.28. The van der Waals surface area contributed by atoms with E-state index in [0.29, 0.717) is 17.2 Å². The number of hydrogen-bond donors (Lipinski definition) is 1. The number of pyridine rings is 1. The molecule has 5 rings (SSSR count). The predicted octanol–water partition coefficient (Wildman–Crippen LogP) is 5.77. The highest BCUT2D eigenvalue weighted by Crippen LogP contribution is 2.34. The Hall–Kier alpha value is -3.66. The largest absolute Gasteiger partial charge is 0.485 e. The summed E-state index contributed by atoms with van der Waals surface area (Å²) in [6, 6.07) is 11.2. The van der Waals surface area contributed by atoms with Crippen LogP contribution >= 0.6 is 0 Å². The fourth-order valence-corrected chi connectivity index (χ4v) is 5.37. The van der Waals surface area contributed by atoms with Crippen LogP contribution in [0.3, 0.4) is 0 Å². The third kappa shape index (κ3) is 6.16. The molecule has 1 unspecified atom stereocenters. The van der Waals surface area contributed by atoms with E-state index in [2.05, 4.69) is 9.88 Å². The molecular weight excluding hydrogens is 512 g/mol. The van der Waals surface area contributed by atoms with Crippen LogP contribution in [0.5, 0.6) is 5.75 Å². The third-order valence-corrected chi connectivity index (χ3v) is 7.41. The van der Waals surface area contributed by atoms with Crippen molar-refractivity contribution in [3.63, 3.8) is 0 Å². The first-order valence-corrected chi connectivity index (χ1v) is 13.1. The minimum absolute atomic E-state index is 0.00594. The highest BCUT2D eigenvalue weighted by molar-refractivity contribution is 5.95. The van der Waals surface area contributed by atoms with Crippen LogP contribution in [0.1, 0.15) is 47.2 Å². The van der Waals surface area contributed by atoms with Crippen LogP contribution in [0.2, 0.25) is 0 Å². The zero-order valence-electron chi connectivity index (χ0n) is 21.4. The van der Waals surface area contributed by atoms with E-state index in [1.54, 1.807) is 30.3 Å². The second-order valence-corrected chi connectivity index (χ2v) is 10.1. The zero-order chi connectivity index (χ0) is 27.6. The third-order valence-electron chi connectivity index (χ3n) is 7.41. The van der Waals surface area contributed by atoms with Crippen molar-refractivity contribution in [1.82, 2.24) is 14.8 Å². The number of aromatic nitrogens is 1. The van der Waals surface area contributed by atoms with Crippen LogP contribution in [0.4, 0.5) is 23.4 Å². The Bertz CT molecular complexity index is 1320. The number of likely N-dealkylation sites (tertiary alicyclic amines) is 2. The first-order valence-electron chi connectivity index (χ1n) is 13.1. The van der Waals surface area contributed by atoms with Crippen molar-refractivity contribution in [3.8, 4) is 16.9 Å². The maximum atomic E-state index is 13.6. The summed E-state index contributed by atoms with van der Waals surface area (Å²) in [6.45, 7) is 3.33. The Kier molecular flexibility index (Phi) is 7.74. The standard InChI is InChI=1S/C29H30F4N4O2/c30-23-9-10-25(29(31,32)33)22(14-23)18-39-26-15-21(16-35-27(26)34)19-5-7-20(8-6-19)28(38)37-13-3-4-24(37)17-36-11-1-2-12-36/h5-10,14-16,24H,1-4,11-13,17-18H2,(H2,34,35). The van der Waals surface area contributed by atoms with Gasteiger partial charge in [-0.25, -0.2) is 9.37 Å². The molecule has 0 spiro atoms. The number of benzene rings is 2. The quantitative estimate of drug-likeness (QED) is 0.384. The number of anilines is 1. The van der Waals surface area contributed by atoms with E-state index in [1.807, 2.05) is 4.90 Å². The topological polar surface area (TPSA) is 71.7 Å². The van der Waals surface area contributed by atoms with Crippen molar-refractivity contribution in [2.24, 2.45) is 0 Å². The van der Waals surface area contributed by atoms with Gasteiger partial charge in [-0.1, -0.05) is 12.1 Å². The molecule has 1 atom stereocenters. The molecule has 1 amide bonds. The molecule has 3 aromatic rings. The zero-order valence-corrected chi connectivity index (χ0v) is 21.4. The molecule has 206 valence electrons. The Morgan fingerprint density at radius 1 is 1.00 bits per heavy atom. The highest BCUT2D eigenvalue weighted by atomic mass is 19.4.